The fraction of sp³-hybridized carbons (Fsp3) is 0.316. The molecule has 2 saturated heterocycles. The van der Waals surface area contributed by atoms with Crippen LogP contribution in [0.5, 0.6) is 0 Å². The fourth-order valence-electron chi connectivity index (χ4n) is 3.80. The minimum absolute atomic E-state index is 0.119. The molecule has 2 fully saturated rings. The number of hydrogen-bond acceptors (Lipinski definition) is 3. The number of aromatic amines is 1. The number of nitrogens with zero attached hydrogens (tertiary/aromatic N) is 2. The summed E-state index contributed by atoms with van der Waals surface area (Å²) in [6.45, 7) is 3.36. The van der Waals surface area contributed by atoms with Gasteiger partial charge in [-0.2, -0.15) is 0 Å². The Balaban J connectivity index is 1.45. The molecule has 0 radical (unpaired) electrons. The lowest BCUT2D eigenvalue weighted by molar-refractivity contribution is -0.915. The number of amides is 2. The Morgan fingerprint density at radius 2 is 1.88 bits per heavy atom. The van der Waals surface area contributed by atoms with Crippen molar-refractivity contribution >= 4 is 34.9 Å². The lowest BCUT2D eigenvalue weighted by Crippen LogP contribution is -3.19. The molecule has 3 heterocycles. The van der Waals surface area contributed by atoms with E-state index in [0.29, 0.717) is 10.7 Å². The van der Waals surface area contributed by atoms with E-state index in [-0.39, 0.29) is 24.3 Å². The van der Waals surface area contributed by atoms with Crippen LogP contribution in [0.2, 0.25) is 5.02 Å². The third-order valence-electron chi connectivity index (χ3n) is 5.14. The number of aromatic nitrogens is 1. The van der Waals surface area contributed by atoms with Crippen molar-refractivity contribution in [2.75, 3.05) is 36.0 Å². The van der Waals surface area contributed by atoms with Crippen molar-refractivity contribution in [3.05, 3.63) is 53.7 Å². The molecule has 0 saturated carbocycles. The van der Waals surface area contributed by atoms with Gasteiger partial charge in [0.15, 0.2) is 6.04 Å². The van der Waals surface area contributed by atoms with Gasteiger partial charge in [0.05, 0.1) is 18.3 Å². The van der Waals surface area contributed by atoms with Crippen LogP contribution in [0, 0.1) is 0 Å². The number of nitrogens with one attached hydrogen (secondary N) is 2. The number of rotatable bonds is 3. The minimum atomic E-state index is -0.302. The van der Waals surface area contributed by atoms with Crippen LogP contribution in [-0.2, 0) is 9.59 Å². The van der Waals surface area contributed by atoms with Crippen molar-refractivity contribution in [2.24, 2.45) is 0 Å². The second kappa shape index (κ2) is 7.05. The largest absolute Gasteiger partial charge is 0.318 e. The molecule has 0 unspecified atom stereocenters. The monoisotopic (exact) mass is 372 g/mol. The number of carbonyl (C=O) groups is 2. The molecular formula is C19H21ClN4O2+2. The molecule has 7 heteroatoms. The van der Waals surface area contributed by atoms with Crippen LogP contribution in [0.4, 0.5) is 11.5 Å². The van der Waals surface area contributed by atoms with Gasteiger partial charge in [-0.3, -0.25) is 14.5 Å². The number of pyridine rings is 1. The molecule has 1 atom stereocenters. The summed E-state index contributed by atoms with van der Waals surface area (Å²) in [4.78, 5) is 33.4. The van der Waals surface area contributed by atoms with Gasteiger partial charge in [-0.05, 0) is 24.3 Å². The number of anilines is 2. The molecule has 134 valence electrons. The van der Waals surface area contributed by atoms with E-state index in [1.807, 2.05) is 18.3 Å². The predicted molar refractivity (Wildman–Crippen MR) is 98.3 cm³/mol. The number of hydrogen-bond donors (Lipinski definition) is 1. The van der Waals surface area contributed by atoms with Crippen LogP contribution < -0.4 is 19.7 Å². The van der Waals surface area contributed by atoms with Crippen molar-refractivity contribution in [3.8, 4) is 0 Å². The van der Waals surface area contributed by atoms with Gasteiger partial charge in [-0.25, -0.2) is 9.88 Å². The standard InChI is InChI=1S/C19H19ClN4O2/c20-14-4-3-5-15(12-14)24-18(25)13-16(19(24)26)22-8-10-23(11-9-22)17-6-1-2-7-21-17/h1-7,12,16H,8-11,13H2/p+2/t16-/m0/s1. The third kappa shape index (κ3) is 3.18. The molecule has 0 aliphatic carbocycles. The van der Waals surface area contributed by atoms with Crippen molar-refractivity contribution in [3.63, 3.8) is 0 Å². The Morgan fingerprint density at radius 3 is 2.58 bits per heavy atom. The number of quaternary nitrogens is 1. The van der Waals surface area contributed by atoms with E-state index in [2.05, 4.69) is 16.0 Å². The summed E-state index contributed by atoms with van der Waals surface area (Å²) in [7, 11) is 0. The van der Waals surface area contributed by atoms with E-state index in [0.717, 1.165) is 32.0 Å². The number of halogens is 1. The third-order valence-corrected chi connectivity index (χ3v) is 5.38. The van der Waals surface area contributed by atoms with Crippen LogP contribution in [-0.4, -0.2) is 44.0 Å². The molecule has 2 aliphatic rings. The first kappa shape index (κ1) is 17.0. The zero-order valence-corrected chi connectivity index (χ0v) is 15.1. The molecule has 0 spiro atoms. The highest BCUT2D eigenvalue weighted by Gasteiger charge is 2.47. The summed E-state index contributed by atoms with van der Waals surface area (Å²) in [6.07, 6.45) is 2.18. The number of piperazine rings is 1. The van der Waals surface area contributed by atoms with Crippen LogP contribution >= 0.6 is 11.6 Å². The zero-order valence-electron chi connectivity index (χ0n) is 14.3. The molecule has 2 amide bonds. The summed E-state index contributed by atoms with van der Waals surface area (Å²) >= 11 is 6.02. The summed E-state index contributed by atoms with van der Waals surface area (Å²) < 4.78 is 0. The highest BCUT2D eigenvalue weighted by molar-refractivity contribution is 6.31. The van der Waals surface area contributed by atoms with E-state index in [1.165, 1.54) is 9.80 Å². The average molecular weight is 373 g/mol. The molecule has 4 rings (SSSR count). The first-order valence-corrected chi connectivity index (χ1v) is 9.20. The van der Waals surface area contributed by atoms with Gasteiger partial charge in [0, 0.05) is 11.1 Å². The van der Waals surface area contributed by atoms with Gasteiger partial charge in [0.2, 0.25) is 5.91 Å². The van der Waals surface area contributed by atoms with E-state index < -0.39 is 0 Å². The maximum absolute atomic E-state index is 12.9. The number of imide groups is 1. The number of H-pyrrole nitrogens is 1. The van der Waals surface area contributed by atoms with Crippen LogP contribution in [0.25, 0.3) is 0 Å². The summed E-state index contributed by atoms with van der Waals surface area (Å²) in [6, 6.07) is 12.6. The lowest BCUT2D eigenvalue weighted by Gasteiger charge is -2.31. The quantitative estimate of drug-likeness (QED) is 0.783. The Labute approximate surface area is 157 Å². The van der Waals surface area contributed by atoms with Gasteiger partial charge in [-0.1, -0.05) is 23.7 Å². The van der Waals surface area contributed by atoms with Crippen molar-refractivity contribution in [1.29, 1.82) is 0 Å². The van der Waals surface area contributed by atoms with E-state index in [1.54, 1.807) is 24.3 Å². The predicted octanol–water partition coefficient (Wildman–Crippen LogP) is 0.191. The van der Waals surface area contributed by atoms with Gasteiger partial charge in [-0.15, -0.1) is 0 Å². The normalized spacial score (nSPS) is 21.5. The maximum atomic E-state index is 12.9. The number of carbonyl (C=O) groups excluding carboxylic acids is 2. The average Bonchev–Trinajstić information content (AvgIpc) is 2.97. The molecule has 2 aromatic rings. The molecule has 0 bridgehead atoms. The lowest BCUT2D eigenvalue weighted by atomic mass is 10.1. The van der Waals surface area contributed by atoms with Crippen molar-refractivity contribution in [1.82, 2.24) is 0 Å². The minimum Gasteiger partial charge on any atom is -0.318 e. The maximum Gasteiger partial charge on any atom is 0.292 e. The van der Waals surface area contributed by atoms with Gasteiger partial charge in [0.1, 0.15) is 26.2 Å². The van der Waals surface area contributed by atoms with Gasteiger partial charge in [0.25, 0.3) is 11.7 Å². The SMILES string of the molecule is O=C1C[C@H]([NH+]2CCN(c3cccc[nH+]3)CC2)C(=O)N1c1cccc(Cl)c1. The first-order chi connectivity index (χ1) is 12.6. The van der Waals surface area contributed by atoms with Crippen molar-refractivity contribution in [2.45, 2.75) is 12.5 Å². The van der Waals surface area contributed by atoms with Gasteiger partial charge >= 0.3 is 0 Å². The zero-order chi connectivity index (χ0) is 18.1. The van der Waals surface area contributed by atoms with E-state index >= 15 is 0 Å². The fourth-order valence-corrected chi connectivity index (χ4v) is 3.99. The van der Waals surface area contributed by atoms with E-state index in [4.69, 9.17) is 11.6 Å². The van der Waals surface area contributed by atoms with E-state index in [9.17, 15) is 9.59 Å². The molecule has 26 heavy (non-hydrogen) atoms. The molecule has 2 aliphatic heterocycles. The smallest absolute Gasteiger partial charge is 0.292 e. The Morgan fingerprint density at radius 1 is 1.08 bits per heavy atom. The van der Waals surface area contributed by atoms with Crippen molar-refractivity contribution < 1.29 is 19.5 Å². The second-order valence-electron chi connectivity index (χ2n) is 6.70. The van der Waals surface area contributed by atoms with Crippen LogP contribution in [0.1, 0.15) is 6.42 Å². The molecule has 1 aromatic carbocycles. The highest BCUT2D eigenvalue weighted by atomic mass is 35.5. The van der Waals surface area contributed by atoms with Crippen LogP contribution in [0.15, 0.2) is 48.7 Å². The molecular weight excluding hydrogens is 352 g/mol. The molecule has 2 N–H and O–H groups in total. The molecule has 1 aromatic heterocycles. The highest BCUT2D eigenvalue weighted by Crippen LogP contribution is 2.24. The Kier molecular flexibility index (Phi) is 4.61. The Bertz CT molecular complexity index is 821. The second-order valence-corrected chi connectivity index (χ2v) is 7.13. The number of benzene rings is 1. The topological polar surface area (TPSA) is 59.2 Å². The Hall–Kier alpha value is -2.44. The summed E-state index contributed by atoms with van der Waals surface area (Å²) in [5, 5.41) is 0.520. The summed E-state index contributed by atoms with van der Waals surface area (Å²) in [5.41, 5.74) is 0.562. The van der Waals surface area contributed by atoms with Gasteiger partial charge < -0.3 is 4.90 Å². The first-order valence-electron chi connectivity index (χ1n) is 8.82. The van der Waals surface area contributed by atoms with Crippen LogP contribution in [0.3, 0.4) is 0 Å². The summed E-state index contributed by atoms with van der Waals surface area (Å²) in [5.74, 6) is 0.821. The molecule has 6 nitrogen and oxygen atoms in total.